The van der Waals surface area contributed by atoms with Crippen molar-refractivity contribution < 1.29 is 13.2 Å². The van der Waals surface area contributed by atoms with E-state index >= 15 is 0 Å². The van der Waals surface area contributed by atoms with Crippen LogP contribution in [-0.4, -0.2) is 16.0 Å². The second-order valence-electron chi connectivity index (χ2n) is 4.92. The molecule has 2 rings (SSSR count). The highest BCUT2D eigenvalue weighted by molar-refractivity contribution is 6.28. The standard InChI is InChI=1S/C12H15ClF3N3/c1-7-4-2-3-5-8(7)17-10-6-9(12(14,15)16)18-11(13)19-10/h6-8H,2-5H2,1H3,(H,17,18,19). The van der Waals surface area contributed by atoms with Crippen LogP contribution in [0.25, 0.3) is 0 Å². The van der Waals surface area contributed by atoms with Crippen LogP contribution in [0.1, 0.15) is 38.3 Å². The fraction of sp³-hybridized carbons (Fsp3) is 0.667. The molecule has 3 nitrogen and oxygen atoms in total. The Morgan fingerprint density at radius 1 is 1.26 bits per heavy atom. The van der Waals surface area contributed by atoms with E-state index in [9.17, 15) is 13.2 Å². The third-order valence-electron chi connectivity index (χ3n) is 3.43. The van der Waals surface area contributed by atoms with Crippen LogP contribution in [0.3, 0.4) is 0 Å². The number of hydrogen-bond acceptors (Lipinski definition) is 3. The number of alkyl halides is 3. The Bertz CT molecular complexity index is 450. The quantitative estimate of drug-likeness (QED) is 0.833. The van der Waals surface area contributed by atoms with Crippen LogP contribution in [0, 0.1) is 5.92 Å². The lowest BCUT2D eigenvalue weighted by molar-refractivity contribution is -0.141. The van der Waals surface area contributed by atoms with E-state index in [-0.39, 0.29) is 17.1 Å². The van der Waals surface area contributed by atoms with Gasteiger partial charge in [0.05, 0.1) is 0 Å². The van der Waals surface area contributed by atoms with Crippen LogP contribution in [0.2, 0.25) is 5.28 Å². The molecule has 1 aliphatic carbocycles. The monoisotopic (exact) mass is 293 g/mol. The molecular weight excluding hydrogens is 279 g/mol. The first-order chi connectivity index (χ1) is 8.86. The topological polar surface area (TPSA) is 37.8 Å². The highest BCUT2D eigenvalue weighted by Gasteiger charge is 2.34. The van der Waals surface area contributed by atoms with Crippen LogP contribution in [0.4, 0.5) is 19.0 Å². The van der Waals surface area contributed by atoms with Crippen LogP contribution in [-0.2, 0) is 6.18 Å². The Morgan fingerprint density at radius 3 is 2.58 bits per heavy atom. The summed E-state index contributed by atoms with van der Waals surface area (Å²) < 4.78 is 37.9. The summed E-state index contributed by atoms with van der Waals surface area (Å²) in [5, 5.41) is 2.66. The maximum absolute atomic E-state index is 12.6. The van der Waals surface area contributed by atoms with Gasteiger partial charge in [-0.1, -0.05) is 19.8 Å². The molecule has 1 heterocycles. The molecule has 1 saturated carbocycles. The van der Waals surface area contributed by atoms with E-state index in [0.29, 0.717) is 5.92 Å². The van der Waals surface area contributed by atoms with Crippen molar-refractivity contribution >= 4 is 17.4 Å². The van der Waals surface area contributed by atoms with E-state index in [1.807, 2.05) is 0 Å². The summed E-state index contributed by atoms with van der Waals surface area (Å²) in [4.78, 5) is 7.03. The maximum atomic E-state index is 12.6. The SMILES string of the molecule is CC1CCCCC1Nc1cc(C(F)(F)F)nc(Cl)n1. The van der Waals surface area contributed by atoms with Gasteiger partial charge in [0.1, 0.15) is 5.82 Å². The second-order valence-corrected chi connectivity index (χ2v) is 5.26. The van der Waals surface area contributed by atoms with Crippen LogP contribution in [0.15, 0.2) is 6.07 Å². The molecule has 0 radical (unpaired) electrons. The first-order valence-corrected chi connectivity index (χ1v) is 6.62. The zero-order valence-electron chi connectivity index (χ0n) is 10.5. The molecule has 1 N–H and O–H groups in total. The summed E-state index contributed by atoms with van der Waals surface area (Å²) in [6.45, 7) is 2.09. The van der Waals surface area contributed by atoms with Gasteiger partial charge < -0.3 is 5.32 Å². The number of rotatable bonds is 2. The molecule has 0 aromatic carbocycles. The van der Waals surface area contributed by atoms with Crippen LogP contribution < -0.4 is 5.32 Å². The first-order valence-electron chi connectivity index (χ1n) is 6.24. The molecule has 0 aliphatic heterocycles. The maximum Gasteiger partial charge on any atom is 0.433 e. The Hall–Kier alpha value is -1.04. The number of nitrogens with one attached hydrogen (secondary N) is 1. The normalized spacial score (nSPS) is 24.3. The minimum Gasteiger partial charge on any atom is -0.367 e. The average molecular weight is 294 g/mol. The third-order valence-corrected chi connectivity index (χ3v) is 3.60. The molecule has 0 saturated heterocycles. The van der Waals surface area contributed by atoms with Gasteiger partial charge in [0, 0.05) is 12.1 Å². The van der Waals surface area contributed by atoms with Crippen LogP contribution in [0.5, 0.6) is 0 Å². The lowest BCUT2D eigenvalue weighted by Crippen LogP contribution is -2.30. The minimum atomic E-state index is -4.51. The molecule has 2 atom stereocenters. The van der Waals surface area contributed by atoms with Gasteiger partial charge in [0.15, 0.2) is 5.69 Å². The van der Waals surface area contributed by atoms with E-state index in [2.05, 4.69) is 22.2 Å². The van der Waals surface area contributed by atoms with Crippen molar-refractivity contribution in [1.82, 2.24) is 9.97 Å². The molecule has 7 heteroatoms. The zero-order valence-corrected chi connectivity index (χ0v) is 11.2. The van der Waals surface area contributed by atoms with E-state index in [1.165, 1.54) is 0 Å². The average Bonchev–Trinajstić information content (AvgIpc) is 2.30. The smallest absolute Gasteiger partial charge is 0.367 e. The van der Waals surface area contributed by atoms with Gasteiger partial charge in [-0.2, -0.15) is 13.2 Å². The fourth-order valence-electron chi connectivity index (χ4n) is 2.36. The molecule has 0 amide bonds. The summed E-state index contributed by atoms with van der Waals surface area (Å²) >= 11 is 5.55. The van der Waals surface area contributed by atoms with Gasteiger partial charge in [-0.15, -0.1) is 0 Å². The van der Waals surface area contributed by atoms with Gasteiger partial charge in [-0.3, -0.25) is 0 Å². The molecular formula is C12H15ClF3N3. The molecule has 0 bridgehead atoms. The number of anilines is 1. The molecule has 1 aromatic heterocycles. The molecule has 19 heavy (non-hydrogen) atoms. The molecule has 2 unspecified atom stereocenters. The Morgan fingerprint density at radius 2 is 1.95 bits per heavy atom. The molecule has 0 spiro atoms. The largest absolute Gasteiger partial charge is 0.433 e. The van der Waals surface area contributed by atoms with Gasteiger partial charge in [0.25, 0.3) is 0 Å². The molecule has 106 valence electrons. The highest BCUT2D eigenvalue weighted by atomic mass is 35.5. The van der Waals surface area contributed by atoms with Gasteiger partial charge in [0.2, 0.25) is 5.28 Å². The van der Waals surface area contributed by atoms with E-state index < -0.39 is 11.9 Å². The zero-order chi connectivity index (χ0) is 14.0. The van der Waals surface area contributed by atoms with E-state index in [1.54, 1.807) is 0 Å². The van der Waals surface area contributed by atoms with E-state index in [0.717, 1.165) is 31.7 Å². The Balaban J connectivity index is 2.18. The lowest BCUT2D eigenvalue weighted by Gasteiger charge is -2.30. The predicted molar refractivity (Wildman–Crippen MR) is 67.1 cm³/mol. The minimum absolute atomic E-state index is 0.140. The van der Waals surface area contributed by atoms with Crippen molar-refractivity contribution in [2.75, 3.05) is 5.32 Å². The van der Waals surface area contributed by atoms with Crippen molar-refractivity contribution in [2.24, 2.45) is 5.92 Å². The molecule has 1 fully saturated rings. The van der Waals surface area contributed by atoms with Crippen molar-refractivity contribution in [2.45, 2.75) is 44.8 Å². The number of hydrogen-bond donors (Lipinski definition) is 1. The summed E-state index contributed by atoms with van der Waals surface area (Å²) in [5.41, 5.74) is -1.02. The number of halogens is 4. The fourth-order valence-corrected chi connectivity index (χ4v) is 2.54. The molecule has 1 aromatic rings. The second kappa shape index (κ2) is 5.53. The third kappa shape index (κ3) is 3.72. The summed E-state index contributed by atoms with van der Waals surface area (Å²) in [7, 11) is 0. The summed E-state index contributed by atoms with van der Waals surface area (Å²) in [6, 6.07) is 1.05. The van der Waals surface area contributed by atoms with Crippen LogP contribution >= 0.6 is 11.6 Å². The first kappa shape index (κ1) is 14.4. The summed E-state index contributed by atoms with van der Waals surface area (Å²) in [5.74, 6) is 0.558. The predicted octanol–water partition coefficient (Wildman–Crippen LogP) is 4.14. The van der Waals surface area contributed by atoms with Crippen molar-refractivity contribution in [3.63, 3.8) is 0 Å². The Kier molecular flexibility index (Phi) is 4.18. The van der Waals surface area contributed by atoms with E-state index in [4.69, 9.17) is 11.6 Å². The number of aromatic nitrogens is 2. The summed E-state index contributed by atoms with van der Waals surface area (Å²) in [6.07, 6.45) is -0.265. The van der Waals surface area contributed by atoms with Crippen molar-refractivity contribution in [3.8, 4) is 0 Å². The Labute approximate surface area is 114 Å². The van der Waals surface area contributed by atoms with Gasteiger partial charge >= 0.3 is 6.18 Å². The van der Waals surface area contributed by atoms with Crippen molar-refractivity contribution in [3.05, 3.63) is 17.0 Å². The van der Waals surface area contributed by atoms with Gasteiger partial charge in [-0.05, 0) is 30.4 Å². The number of nitrogens with zero attached hydrogens (tertiary/aromatic N) is 2. The highest BCUT2D eigenvalue weighted by Crippen LogP contribution is 2.31. The van der Waals surface area contributed by atoms with Gasteiger partial charge in [-0.25, -0.2) is 9.97 Å². The molecule has 1 aliphatic rings. The lowest BCUT2D eigenvalue weighted by atomic mass is 9.86. The van der Waals surface area contributed by atoms with Crippen molar-refractivity contribution in [1.29, 1.82) is 0 Å².